The maximum Gasteiger partial charge on any atom is 0.416 e. The summed E-state index contributed by atoms with van der Waals surface area (Å²) in [5, 5.41) is 28.2. The van der Waals surface area contributed by atoms with Gasteiger partial charge in [0.1, 0.15) is 11.4 Å². The number of benzene rings is 2. The van der Waals surface area contributed by atoms with Crippen molar-refractivity contribution in [1.29, 1.82) is 0 Å². The molecule has 0 bridgehead atoms. The minimum atomic E-state index is -4.70. The van der Waals surface area contributed by atoms with E-state index in [0.29, 0.717) is 17.7 Å². The number of nitro groups is 1. The van der Waals surface area contributed by atoms with Crippen LogP contribution in [0.25, 0.3) is 0 Å². The largest absolute Gasteiger partial charge is 0.505 e. The molecule has 0 aliphatic rings. The van der Waals surface area contributed by atoms with Crippen LogP contribution in [-0.2, 0) is 6.18 Å². The van der Waals surface area contributed by atoms with Gasteiger partial charge >= 0.3 is 6.18 Å². The normalized spacial score (nSPS) is 11.9. The van der Waals surface area contributed by atoms with Gasteiger partial charge in [0, 0.05) is 6.07 Å². The number of aryl methyl sites for hydroxylation is 2. The molecule has 0 radical (unpaired) electrons. The molecule has 2 aromatic rings. The number of rotatable bonds is 3. The molecule has 0 aliphatic heterocycles. The van der Waals surface area contributed by atoms with Crippen molar-refractivity contribution in [3.05, 3.63) is 57.1 Å². The first-order chi connectivity index (χ1) is 11.1. The molecule has 1 N–H and O–H groups in total. The molecule has 0 saturated carbocycles. The summed E-state index contributed by atoms with van der Waals surface area (Å²) in [6.07, 6.45) is -4.70. The Labute approximate surface area is 134 Å². The van der Waals surface area contributed by atoms with Crippen molar-refractivity contribution in [2.75, 3.05) is 0 Å². The van der Waals surface area contributed by atoms with E-state index in [4.69, 9.17) is 0 Å². The van der Waals surface area contributed by atoms with E-state index in [1.165, 1.54) is 6.07 Å². The lowest BCUT2D eigenvalue weighted by molar-refractivity contribution is -0.384. The first kappa shape index (κ1) is 17.4. The highest BCUT2D eigenvalue weighted by Crippen LogP contribution is 2.38. The van der Waals surface area contributed by atoms with E-state index in [-0.39, 0.29) is 17.1 Å². The van der Waals surface area contributed by atoms with E-state index in [9.17, 15) is 28.4 Å². The van der Waals surface area contributed by atoms with Crippen LogP contribution in [0.3, 0.4) is 0 Å². The highest BCUT2D eigenvalue weighted by Gasteiger charge is 2.33. The first-order valence-electron chi connectivity index (χ1n) is 6.67. The van der Waals surface area contributed by atoms with E-state index in [0.717, 1.165) is 11.6 Å². The maximum atomic E-state index is 12.6. The van der Waals surface area contributed by atoms with Gasteiger partial charge in [-0.15, -0.1) is 10.2 Å². The van der Waals surface area contributed by atoms with Crippen LogP contribution >= 0.6 is 0 Å². The van der Waals surface area contributed by atoms with Crippen molar-refractivity contribution < 1.29 is 23.2 Å². The minimum absolute atomic E-state index is 0.0710. The molecule has 24 heavy (non-hydrogen) atoms. The van der Waals surface area contributed by atoms with Gasteiger partial charge in [0.05, 0.1) is 10.5 Å². The standard InChI is InChI=1S/C15H12F3N3O3/c1-8-5-9(2)14(22)12(6-8)20-19-11-4-3-10(15(16,17)18)7-13(11)21(23)24/h3-7,22H,1-2H3. The van der Waals surface area contributed by atoms with E-state index in [2.05, 4.69) is 10.2 Å². The predicted octanol–water partition coefficient (Wildman–Crippen LogP) is 5.35. The lowest BCUT2D eigenvalue weighted by Gasteiger charge is -2.07. The second kappa shape index (κ2) is 6.26. The van der Waals surface area contributed by atoms with Crippen LogP contribution in [0.15, 0.2) is 40.6 Å². The first-order valence-corrected chi connectivity index (χ1v) is 6.67. The summed E-state index contributed by atoms with van der Waals surface area (Å²) < 4.78 is 37.9. The van der Waals surface area contributed by atoms with Crippen LogP contribution in [0.5, 0.6) is 5.75 Å². The van der Waals surface area contributed by atoms with Crippen LogP contribution in [0, 0.1) is 24.0 Å². The van der Waals surface area contributed by atoms with Gasteiger partial charge in [-0.3, -0.25) is 10.1 Å². The summed E-state index contributed by atoms with van der Waals surface area (Å²) in [6.45, 7) is 3.40. The topological polar surface area (TPSA) is 88.1 Å². The number of hydrogen-bond acceptors (Lipinski definition) is 5. The quantitative estimate of drug-likeness (QED) is 0.464. The van der Waals surface area contributed by atoms with Crippen molar-refractivity contribution >= 4 is 17.1 Å². The Hall–Kier alpha value is -2.97. The average molecular weight is 339 g/mol. The summed E-state index contributed by atoms with van der Waals surface area (Å²) in [5.74, 6) is -0.154. The predicted molar refractivity (Wildman–Crippen MR) is 79.9 cm³/mol. The van der Waals surface area contributed by atoms with Crippen LogP contribution in [-0.4, -0.2) is 10.0 Å². The number of phenols is 1. The number of nitro benzene ring substituents is 1. The molecule has 0 unspecified atom stereocenters. The van der Waals surface area contributed by atoms with E-state index in [1.807, 2.05) is 0 Å². The van der Waals surface area contributed by atoms with Gasteiger partial charge in [-0.2, -0.15) is 13.2 Å². The highest BCUT2D eigenvalue weighted by atomic mass is 19.4. The van der Waals surface area contributed by atoms with E-state index in [1.54, 1.807) is 19.9 Å². The van der Waals surface area contributed by atoms with Gasteiger partial charge in [-0.05, 0) is 43.2 Å². The van der Waals surface area contributed by atoms with Gasteiger partial charge < -0.3 is 5.11 Å². The number of aromatic hydroxyl groups is 1. The van der Waals surface area contributed by atoms with Gasteiger partial charge in [0.25, 0.3) is 5.69 Å². The van der Waals surface area contributed by atoms with Crippen molar-refractivity contribution in [2.24, 2.45) is 10.2 Å². The van der Waals surface area contributed by atoms with Crippen LogP contribution in [0.1, 0.15) is 16.7 Å². The molecule has 9 heteroatoms. The fraction of sp³-hybridized carbons (Fsp3) is 0.200. The molecule has 0 aromatic heterocycles. The number of alkyl halides is 3. The maximum absolute atomic E-state index is 12.6. The van der Waals surface area contributed by atoms with Crippen molar-refractivity contribution in [1.82, 2.24) is 0 Å². The molecule has 0 spiro atoms. The molecule has 6 nitrogen and oxygen atoms in total. The SMILES string of the molecule is Cc1cc(C)c(O)c(N=Nc2ccc(C(F)(F)F)cc2[N+](=O)[O-])c1. The molecule has 0 fully saturated rings. The van der Waals surface area contributed by atoms with Crippen LogP contribution in [0.2, 0.25) is 0 Å². The summed E-state index contributed by atoms with van der Waals surface area (Å²) in [5.41, 5.74) is -0.930. The monoisotopic (exact) mass is 339 g/mol. The molecule has 0 atom stereocenters. The molecule has 0 aliphatic carbocycles. The van der Waals surface area contributed by atoms with E-state index < -0.39 is 22.4 Å². The third-order valence-electron chi connectivity index (χ3n) is 3.19. The second-order valence-electron chi connectivity index (χ2n) is 5.11. The Balaban J connectivity index is 2.48. The smallest absolute Gasteiger partial charge is 0.416 e. The number of hydrogen-bond donors (Lipinski definition) is 1. The Morgan fingerprint density at radius 2 is 1.71 bits per heavy atom. The van der Waals surface area contributed by atoms with Crippen LogP contribution in [0.4, 0.5) is 30.2 Å². The van der Waals surface area contributed by atoms with Gasteiger partial charge in [0.2, 0.25) is 0 Å². The minimum Gasteiger partial charge on any atom is -0.505 e. The van der Waals surface area contributed by atoms with Crippen molar-refractivity contribution in [2.45, 2.75) is 20.0 Å². The van der Waals surface area contributed by atoms with Crippen molar-refractivity contribution in [3.8, 4) is 5.75 Å². The average Bonchev–Trinajstić information content (AvgIpc) is 2.48. The Morgan fingerprint density at radius 1 is 1.08 bits per heavy atom. The zero-order valence-corrected chi connectivity index (χ0v) is 12.6. The number of azo groups is 1. The Bertz CT molecular complexity index is 833. The Kier molecular flexibility index (Phi) is 4.54. The zero-order valence-electron chi connectivity index (χ0n) is 12.6. The molecule has 0 saturated heterocycles. The Morgan fingerprint density at radius 3 is 2.29 bits per heavy atom. The molecule has 0 heterocycles. The zero-order chi connectivity index (χ0) is 18.1. The fourth-order valence-electron chi connectivity index (χ4n) is 2.05. The third kappa shape index (κ3) is 3.67. The summed E-state index contributed by atoms with van der Waals surface area (Å²) in [6, 6.07) is 5.15. The number of halogens is 3. The van der Waals surface area contributed by atoms with Crippen molar-refractivity contribution in [3.63, 3.8) is 0 Å². The summed E-state index contributed by atoms with van der Waals surface area (Å²) in [4.78, 5) is 10.0. The number of nitrogens with zero attached hydrogens (tertiary/aromatic N) is 3. The van der Waals surface area contributed by atoms with Crippen LogP contribution < -0.4 is 0 Å². The number of phenolic OH excluding ortho intramolecular Hbond substituents is 1. The van der Waals surface area contributed by atoms with E-state index >= 15 is 0 Å². The molecule has 126 valence electrons. The fourth-order valence-corrected chi connectivity index (χ4v) is 2.05. The molecule has 2 aromatic carbocycles. The van der Waals surface area contributed by atoms with Gasteiger partial charge in [-0.25, -0.2) is 0 Å². The molecule has 2 rings (SSSR count). The molecule has 0 amide bonds. The third-order valence-corrected chi connectivity index (χ3v) is 3.19. The summed E-state index contributed by atoms with van der Waals surface area (Å²) >= 11 is 0. The lowest BCUT2D eigenvalue weighted by Crippen LogP contribution is -2.05. The molecular formula is C15H12F3N3O3. The highest BCUT2D eigenvalue weighted by molar-refractivity contribution is 5.60. The second-order valence-corrected chi connectivity index (χ2v) is 5.11. The van der Waals surface area contributed by atoms with Gasteiger partial charge in [0.15, 0.2) is 5.69 Å². The molecular weight excluding hydrogens is 327 g/mol. The lowest BCUT2D eigenvalue weighted by atomic mass is 10.1. The van der Waals surface area contributed by atoms with Gasteiger partial charge in [-0.1, -0.05) is 6.07 Å². The summed E-state index contributed by atoms with van der Waals surface area (Å²) in [7, 11) is 0.